The molecule has 0 nitrogen and oxygen atoms in total. The maximum Gasteiger partial charge on any atom is -1.00 e. The summed E-state index contributed by atoms with van der Waals surface area (Å²) in [6, 6.07) is 21.1. The molecule has 8 rings (SSSR count). The van der Waals surface area contributed by atoms with Gasteiger partial charge in [-0.05, 0) is 11.1 Å². The molecule has 57 heavy (non-hydrogen) atoms. The van der Waals surface area contributed by atoms with Gasteiger partial charge < -0.3 is 24.8 Å². The molecule has 0 bridgehead atoms. The molecule has 1 unspecified atom stereocenters. The molecule has 1 atom stereocenters. The van der Waals surface area contributed by atoms with Gasteiger partial charge in [-0.3, -0.25) is 6.08 Å². The molecule has 3 aliphatic carbocycles. The fourth-order valence-electron chi connectivity index (χ4n) is 7.23. The van der Waals surface area contributed by atoms with E-state index in [1.54, 1.807) is 0 Å². The standard InChI is InChI=1S/C23H21.C15H8F6.C10H15.2ClH.Zr/c1-22(2)7-5-14-10-18-16(12-20(14)22)9-17-13-21-15(11-19(17)18)6-8-23(21,3)4;16-14(17,18)12-5-1-3-10(8-12)7-11-4-2-6-13(9-11)15(19,20)21;1-8-5-6-9(7-8)10(2,3)4;;;/h5-13H,1-4H3;1-6,8-9H;6-8H,1-4H3;2*1H;/q-1;;-1;;;+2/p-2. The van der Waals surface area contributed by atoms with Crippen LogP contribution in [0.2, 0.25) is 0 Å². The van der Waals surface area contributed by atoms with Crippen molar-refractivity contribution in [3.8, 4) is 0 Å². The van der Waals surface area contributed by atoms with Gasteiger partial charge in [0, 0.05) is 10.8 Å². The average Bonchev–Trinajstić information content (AvgIpc) is 3.86. The van der Waals surface area contributed by atoms with E-state index in [-0.39, 0.29) is 46.8 Å². The third-order valence-electron chi connectivity index (χ3n) is 10.5. The van der Waals surface area contributed by atoms with E-state index in [9.17, 15) is 26.3 Å². The third kappa shape index (κ3) is 10.1. The largest absolute Gasteiger partial charge is 1.00 e. The summed E-state index contributed by atoms with van der Waals surface area (Å²) in [6.07, 6.45) is 7.89. The van der Waals surface area contributed by atoms with Gasteiger partial charge in [-0.25, -0.2) is 6.08 Å². The molecular formula is C48H44Cl2F6Zr-2. The molecule has 5 aromatic carbocycles. The van der Waals surface area contributed by atoms with Gasteiger partial charge in [0.1, 0.15) is 0 Å². The molecule has 0 amide bonds. The number of hydrogen-bond donors (Lipinski definition) is 0. The third-order valence-corrected chi connectivity index (χ3v) is 12.0. The molecule has 0 saturated carbocycles. The van der Waals surface area contributed by atoms with Crippen molar-refractivity contribution in [1.82, 2.24) is 0 Å². The second-order valence-electron chi connectivity index (χ2n) is 16.8. The minimum Gasteiger partial charge on any atom is -1.00 e. The summed E-state index contributed by atoms with van der Waals surface area (Å²) in [7, 11) is 0. The quantitative estimate of drug-likeness (QED) is 0.124. The van der Waals surface area contributed by atoms with Crippen molar-refractivity contribution < 1.29 is 75.4 Å². The summed E-state index contributed by atoms with van der Waals surface area (Å²) in [4.78, 5) is 0. The van der Waals surface area contributed by atoms with Crippen molar-refractivity contribution in [3.05, 3.63) is 159 Å². The Morgan fingerprint density at radius 3 is 1.42 bits per heavy atom. The minimum atomic E-state index is -4.49. The van der Waals surface area contributed by atoms with Crippen LogP contribution in [0.3, 0.4) is 0 Å². The summed E-state index contributed by atoms with van der Waals surface area (Å²) in [5.41, 5.74) is 6.59. The van der Waals surface area contributed by atoms with Crippen LogP contribution in [0.15, 0.2) is 109 Å². The Hall–Kier alpha value is -3.38. The Labute approximate surface area is 359 Å². The average molecular weight is 897 g/mol. The predicted octanol–water partition coefficient (Wildman–Crippen LogP) is 8.14. The monoisotopic (exact) mass is 894 g/mol. The van der Waals surface area contributed by atoms with Gasteiger partial charge in [0.2, 0.25) is 0 Å². The summed E-state index contributed by atoms with van der Waals surface area (Å²) >= 11 is 0.729. The van der Waals surface area contributed by atoms with Gasteiger partial charge in [-0.15, -0.1) is 39.7 Å². The normalized spacial score (nSPS) is 17.1. The van der Waals surface area contributed by atoms with Crippen LogP contribution in [0.5, 0.6) is 0 Å². The second kappa shape index (κ2) is 16.7. The number of allylic oxidation sites excluding steroid dienone is 6. The van der Waals surface area contributed by atoms with E-state index in [4.69, 9.17) is 0 Å². The fraction of sp³-hybridized carbons (Fsp3) is 0.292. The molecule has 298 valence electrons. The molecule has 9 heteroatoms. The van der Waals surface area contributed by atoms with Crippen molar-refractivity contribution in [2.24, 2.45) is 11.3 Å². The van der Waals surface area contributed by atoms with Crippen LogP contribution >= 0.6 is 0 Å². The number of alkyl halides is 6. The Morgan fingerprint density at radius 1 is 0.667 bits per heavy atom. The first kappa shape index (κ1) is 46.3. The SMILES string of the molecule is CC1(C)C=Cc2cc3c(cc21)[cH-]c1cc2c(cc13)C=CC2(C)C.CC1[C-]=CC(C(C)(C)C)=C1.FC(F)(F)c1cccc([C](=[Zr+2])c2cccc(C(F)(F)F)c2)c1.[Cl-].[Cl-]. The number of hydrogen-bond acceptors (Lipinski definition) is 0. The van der Waals surface area contributed by atoms with Crippen molar-refractivity contribution in [3.63, 3.8) is 0 Å². The molecule has 0 heterocycles. The van der Waals surface area contributed by atoms with Gasteiger partial charge in [0.25, 0.3) is 0 Å². The van der Waals surface area contributed by atoms with Crippen LogP contribution in [0.4, 0.5) is 26.3 Å². The van der Waals surface area contributed by atoms with E-state index in [0.717, 1.165) is 48.5 Å². The van der Waals surface area contributed by atoms with E-state index in [0.29, 0.717) is 14.5 Å². The smallest absolute Gasteiger partial charge is 1.00 e. The molecular weight excluding hydrogens is 853 g/mol. The first-order chi connectivity index (χ1) is 25.4. The van der Waals surface area contributed by atoms with E-state index in [1.165, 1.54) is 73.6 Å². The minimum absolute atomic E-state index is 0. The second-order valence-corrected chi connectivity index (χ2v) is 18.0. The molecule has 0 spiro atoms. The maximum atomic E-state index is 12.7. The van der Waals surface area contributed by atoms with Gasteiger partial charge in [0.15, 0.2) is 0 Å². The zero-order chi connectivity index (χ0) is 40.3. The van der Waals surface area contributed by atoms with E-state index < -0.39 is 23.5 Å². The van der Waals surface area contributed by atoms with Crippen molar-refractivity contribution in [2.45, 2.75) is 78.6 Å². The number of halogens is 8. The maximum absolute atomic E-state index is 12.7. The fourth-order valence-corrected chi connectivity index (χ4v) is 7.99. The topological polar surface area (TPSA) is 0 Å². The summed E-state index contributed by atoms with van der Waals surface area (Å²) in [6.45, 7) is 18.0. The van der Waals surface area contributed by atoms with E-state index >= 15 is 0 Å². The van der Waals surface area contributed by atoms with Crippen LogP contribution in [0, 0.1) is 17.4 Å². The van der Waals surface area contributed by atoms with Crippen LogP contribution in [0.25, 0.3) is 33.7 Å². The number of rotatable bonds is 2. The first-order valence-electron chi connectivity index (χ1n) is 18.3. The van der Waals surface area contributed by atoms with Crippen LogP contribution in [0.1, 0.15) is 99.9 Å². The number of benzene rings is 4. The molecule has 0 radical (unpaired) electrons. The van der Waals surface area contributed by atoms with Gasteiger partial charge >= 0.3 is 137 Å². The van der Waals surface area contributed by atoms with Crippen molar-refractivity contribution in [1.29, 1.82) is 0 Å². The molecule has 0 saturated heterocycles. The molecule has 0 fully saturated rings. The first-order valence-corrected chi connectivity index (χ1v) is 19.5. The summed E-state index contributed by atoms with van der Waals surface area (Å²) in [5, 5.41) is 5.53. The summed E-state index contributed by atoms with van der Waals surface area (Å²) in [5.74, 6) is 0.522. The predicted molar refractivity (Wildman–Crippen MR) is 212 cm³/mol. The molecule has 0 N–H and O–H groups in total. The number of fused-ring (bicyclic) bond motifs is 5. The molecule has 3 aliphatic rings. The Balaban J connectivity index is 0.000000200. The van der Waals surface area contributed by atoms with Crippen LogP contribution in [-0.4, -0.2) is 3.21 Å². The molecule has 5 aromatic rings. The van der Waals surface area contributed by atoms with E-state index in [2.05, 4.69) is 128 Å². The van der Waals surface area contributed by atoms with E-state index in [1.807, 2.05) is 0 Å². The Kier molecular flexibility index (Phi) is 13.6. The summed E-state index contributed by atoms with van der Waals surface area (Å²) < 4.78 is 76.7. The van der Waals surface area contributed by atoms with Crippen LogP contribution < -0.4 is 24.8 Å². The van der Waals surface area contributed by atoms with Crippen LogP contribution in [-0.2, 0) is 47.4 Å². The Morgan fingerprint density at radius 2 is 1.09 bits per heavy atom. The Bertz CT molecular complexity index is 2280. The molecule has 0 aromatic heterocycles. The van der Waals surface area contributed by atoms with Gasteiger partial charge in [-0.2, -0.15) is 11.6 Å². The van der Waals surface area contributed by atoms with Crippen molar-refractivity contribution in [2.75, 3.05) is 0 Å². The van der Waals surface area contributed by atoms with Gasteiger partial charge in [0.05, 0.1) is 0 Å². The molecule has 0 aliphatic heterocycles. The van der Waals surface area contributed by atoms with Crippen molar-refractivity contribution >= 4 is 36.9 Å². The zero-order valence-corrected chi connectivity index (χ0v) is 37.0. The van der Waals surface area contributed by atoms with Gasteiger partial charge in [-0.1, -0.05) is 114 Å². The zero-order valence-electron chi connectivity index (χ0n) is 33.1.